The zero-order valence-electron chi connectivity index (χ0n) is 22.9. The van der Waals surface area contributed by atoms with Crippen molar-refractivity contribution < 1.29 is 22.7 Å². The summed E-state index contributed by atoms with van der Waals surface area (Å²) in [4.78, 5) is 28.1. The zero-order valence-corrected chi connectivity index (χ0v) is 24.5. The first kappa shape index (κ1) is 31.4. The number of anilines is 1. The minimum Gasteiger partial charge on any atom is -0.495 e. The van der Waals surface area contributed by atoms with Crippen LogP contribution in [0.5, 0.6) is 5.75 Å². The summed E-state index contributed by atoms with van der Waals surface area (Å²) in [5.41, 5.74) is 1.47. The molecule has 8 nitrogen and oxygen atoms in total. The Morgan fingerprint density at radius 3 is 2.32 bits per heavy atom. The van der Waals surface area contributed by atoms with Gasteiger partial charge in [0.15, 0.2) is 0 Å². The van der Waals surface area contributed by atoms with Gasteiger partial charge in [0.2, 0.25) is 21.8 Å². The van der Waals surface area contributed by atoms with Crippen molar-refractivity contribution in [1.82, 2.24) is 10.2 Å². The number of amides is 2. The summed E-state index contributed by atoms with van der Waals surface area (Å²) in [5, 5.41) is 3.25. The number of hydrogen-bond acceptors (Lipinski definition) is 5. The Morgan fingerprint density at radius 2 is 1.76 bits per heavy atom. The van der Waals surface area contributed by atoms with Crippen LogP contribution in [0.15, 0.2) is 48.5 Å². The van der Waals surface area contributed by atoms with Crippen molar-refractivity contribution in [3.63, 3.8) is 0 Å². The predicted molar refractivity (Wildman–Crippen MR) is 153 cm³/mol. The van der Waals surface area contributed by atoms with Gasteiger partial charge in [-0.05, 0) is 48.9 Å². The summed E-state index contributed by atoms with van der Waals surface area (Å²) in [6, 6.07) is 14.0. The molecule has 0 radical (unpaired) electrons. The Hall–Kier alpha value is -2.78. The van der Waals surface area contributed by atoms with Gasteiger partial charge in [0.1, 0.15) is 11.8 Å². The molecule has 1 N–H and O–H groups in total. The molecule has 2 aromatic carbocycles. The Kier molecular flexibility index (Phi) is 12.4. The molecule has 0 aromatic heterocycles. The van der Waals surface area contributed by atoms with Crippen molar-refractivity contribution in [2.45, 2.75) is 52.5 Å². The Balaban J connectivity index is 2.17. The molecule has 0 spiro atoms. The monoisotopic (exact) mass is 565 g/mol. The van der Waals surface area contributed by atoms with Crippen LogP contribution in [-0.2, 0) is 26.0 Å². The molecule has 0 heterocycles. The molecule has 0 aliphatic carbocycles. The van der Waals surface area contributed by atoms with E-state index in [-0.39, 0.29) is 31.2 Å². The first-order valence-electron chi connectivity index (χ1n) is 12.9. The van der Waals surface area contributed by atoms with Gasteiger partial charge >= 0.3 is 0 Å². The number of hydrogen-bond donors (Lipinski definition) is 1. The lowest BCUT2D eigenvalue weighted by Crippen LogP contribution is -2.50. The number of carbonyl (C=O) groups excluding carboxylic acids is 2. The van der Waals surface area contributed by atoms with Crippen molar-refractivity contribution >= 4 is 39.1 Å². The number of nitrogens with one attached hydrogen (secondary N) is 1. The number of nitrogens with zero attached hydrogens (tertiary/aromatic N) is 2. The molecule has 0 aliphatic heterocycles. The normalized spacial score (nSPS) is 12.2. The van der Waals surface area contributed by atoms with Crippen LogP contribution in [0.2, 0.25) is 5.02 Å². The minimum atomic E-state index is -3.62. The van der Waals surface area contributed by atoms with Crippen molar-refractivity contribution in [3.8, 4) is 5.75 Å². The van der Waals surface area contributed by atoms with Crippen LogP contribution >= 0.6 is 11.6 Å². The minimum absolute atomic E-state index is 0.0933. The number of ether oxygens (including phenoxy) is 1. The topological polar surface area (TPSA) is 96.0 Å². The van der Waals surface area contributed by atoms with Crippen LogP contribution in [0.25, 0.3) is 0 Å². The van der Waals surface area contributed by atoms with E-state index < -0.39 is 16.1 Å². The molecule has 0 bridgehead atoms. The van der Waals surface area contributed by atoms with Crippen LogP contribution in [0.1, 0.15) is 45.6 Å². The quantitative estimate of drug-likeness (QED) is 0.342. The number of benzene rings is 2. The molecule has 10 heteroatoms. The van der Waals surface area contributed by atoms with E-state index in [0.29, 0.717) is 48.3 Å². The van der Waals surface area contributed by atoms with Crippen molar-refractivity contribution in [3.05, 3.63) is 59.1 Å². The van der Waals surface area contributed by atoms with Gasteiger partial charge in [-0.2, -0.15) is 0 Å². The number of methoxy groups -OCH3 is 1. The zero-order chi connectivity index (χ0) is 28.3. The number of sulfonamides is 1. The summed E-state index contributed by atoms with van der Waals surface area (Å²) >= 11 is 6.22. The molecule has 1 atom stereocenters. The number of rotatable bonds is 15. The fraction of sp³-hybridized carbons (Fsp3) is 0.500. The smallest absolute Gasteiger partial charge is 0.242 e. The van der Waals surface area contributed by atoms with Gasteiger partial charge in [-0.15, -0.1) is 0 Å². The third-order valence-corrected chi connectivity index (χ3v) is 7.62. The molecule has 0 fully saturated rings. The van der Waals surface area contributed by atoms with E-state index in [1.54, 1.807) is 17.0 Å². The van der Waals surface area contributed by atoms with Crippen molar-refractivity contribution in [2.75, 3.05) is 37.3 Å². The molecule has 0 aliphatic rings. The summed E-state index contributed by atoms with van der Waals surface area (Å²) < 4.78 is 31.5. The molecule has 2 rings (SSSR count). The molecule has 2 aromatic rings. The van der Waals surface area contributed by atoms with E-state index in [0.717, 1.165) is 11.8 Å². The third-order valence-electron chi connectivity index (χ3n) is 6.13. The highest BCUT2D eigenvalue weighted by atomic mass is 35.5. The Bertz CT molecular complexity index is 1160. The molecular formula is C28H40ClN3O5S. The fourth-order valence-corrected chi connectivity index (χ4v) is 5.34. The number of halogens is 1. The summed E-state index contributed by atoms with van der Waals surface area (Å²) in [5.74, 6) is 0.370. The second-order valence-corrected chi connectivity index (χ2v) is 12.0. The summed E-state index contributed by atoms with van der Waals surface area (Å²) in [6.07, 6.45) is 2.58. The van der Waals surface area contributed by atoms with Crippen LogP contribution < -0.4 is 14.4 Å². The van der Waals surface area contributed by atoms with Gasteiger partial charge in [0.25, 0.3) is 0 Å². The van der Waals surface area contributed by atoms with E-state index in [1.807, 2.05) is 51.1 Å². The van der Waals surface area contributed by atoms with E-state index in [1.165, 1.54) is 17.5 Å². The highest BCUT2D eigenvalue weighted by Gasteiger charge is 2.28. The fourth-order valence-electron chi connectivity index (χ4n) is 4.13. The second-order valence-electron chi connectivity index (χ2n) is 9.64. The maximum absolute atomic E-state index is 13.5. The highest BCUT2D eigenvalue weighted by molar-refractivity contribution is 7.92. The van der Waals surface area contributed by atoms with E-state index in [2.05, 4.69) is 5.32 Å². The molecule has 2 amide bonds. The van der Waals surface area contributed by atoms with Gasteiger partial charge in [-0.3, -0.25) is 13.9 Å². The van der Waals surface area contributed by atoms with E-state index in [4.69, 9.17) is 16.3 Å². The molecule has 210 valence electrons. The molecule has 0 saturated carbocycles. The lowest BCUT2D eigenvalue weighted by atomic mass is 10.1. The SMILES string of the molecule is CC[C@H](C(=O)NCC(C)C)N(CCc1ccccc1)C(=O)CCCN(c1ccc(OC)c(Cl)c1)S(C)(=O)=O. The van der Waals surface area contributed by atoms with Crippen LogP contribution in [0, 0.1) is 5.92 Å². The predicted octanol–water partition coefficient (Wildman–Crippen LogP) is 4.52. The van der Waals surface area contributed by atoms with Gasteiger partial charge < -0.3 is 15.0 Å². The second kappa shape index (κ2) is 15.0. The van der Waals surface area contributed by atoms with Gasteiger partial charge in [0.05, 0.1) is 24.1 Å². The van der Waals surface area contributed by atoms with Crippen LogP contribution in [0.3, 0.4) is 0 Å². The Labute approximate surface area is 232 Å². The first-order chi connectivity index (χ1) is 18.0. The molecule has 38 heavy (non-hydrogen) atoms. The maximum atomic E-state index is 13.5. The average Bonchev–Trinajstić information content (AvgIpc) is 2.87. The third kappa shape index (κ3) is 9.51. The lowest BCUT2D eigenvalue weighted by molar-refractivity contribution is -0.140. The molecular weight excluding hydrogens is 526 g/mol. The van der Waals surface area contributed by atoms with E-state index >= 15 is 0 Å². The van der Waals surface area contributed by atoms with E-state index in [9.17, 15) is 18.0 Å². The van der Waals surface area contributed by atoms with Gasteiger partial charge in [-0.1, -0.05) is 62.7 Å². The maximum Gasteiger partial charge on any atom is 0.242 e. The van der Waals surface area contributed by atoms with Crippen LogP contribution in [0.4, 0.5) is 5.69 Å². The number of carbonyl (C=O) groups is 2. The highest BCUT2D eigenvalue weighted by Crippen LogP contribution is 2.30. The first-order valence-corrected chi connectivity index (χ1v) is 15.1. The standard InChI is InChI=1S/C28H40ClN3O5S/c1-6-25(28(34)30-20-21(2)3)31(18-16-22-11-8-7-9-12-22)27(33)13-10-17-32(38(5,35)36)23-14-15-26(37-4)24(29)19-23/h7-9,11-12,14-15,19,21,25H,6,10,13,16-18,20H2,1-5H3,(H,30,34)/t25-/m1/s1. The Morgan fingerprint density at radius 1 is 1.08 bits per heavy atom. The average molecular weight is 566 g/mol. The van der Waals surface area contributed by atoms with Crippen molar-refractivity contribution in [1.29, 1.82) is 0 Å². The lowest BCUT2D eigenvalue weighted by Gasteiger charge is -2.31. The van der Waals surface area contributed by atoms with Crippen molar-refractivity contribution in [2.24, 2.45) is 5.92 Å². The largest absolute Gasteiger partial charge is 0.495 e. The molecule has 0 saturated heterocycles. The van der Waals surface area contributed by atoms with Crippen LogP contribution in [-0.4, -0.2) is 64.2 Å². The summed E-state index contributed by atoms with van der Waals surface area (Å²) in [6.45, 7) is 6.94. The summed E-state index contributed by atoms with van der Waals surface area (Å²) in [7, 11) is -2.14. The van der Waals surface area contributed by atoms with Gasteiger partial charge in [-0.25, -0.2) is 8.42 Å². The van der Waals surface area contributed by atoms with Gasteiger partial charge in [0, 0.05) is 26.1 Å². The molecule has 0 unspecified atom stereocenters.